The van der Waals surface area contributed by atoms with Crippen molar-refractivity contribution in [2.45, 2.75) is 33.0 Å². The van der Waals surface area contributed by atoms with Gasteiger partial charge < -0.3 is 24.8 Å². The van der Waals surface area contributed by atoms with Gasteiger partial charge in [0, 0.05) is 20.1 Å². The molecule has 0 amide bonds. The number of guanidine groups is 1. The summed E-state index contributed by atoms with van der Waals surface area (Å²) in [5.74, 6) is 3.02. The number of aliphatic imine (C=N–C) groups is 1. The van der Waals surface area contributed by atoms with Crippen LogP contribution in [-0.2, 0) is 13.1 Å². The molecule has 0 atom stereocenters. The van der Waals surface area contributed by atoms with E-state index in [1.165, 1.54) is 0 Å². The van der Waals surface area contributed by atoms with Gasteiger partial charge in [0.15, 0.2) is 17.5 Å². The Morgan fingerprint density at radius 1 is 0.926 bits per heavy atom. The maximum absolute atomic E-state index is 5.74. The molecule has 2 aromatic rings. The highest BCUT2D eigenvalue weighted by Gasteiger charge is 2.06. The summed E-state index contributed by atoms with van der Waals surface area (Å²) in [5, 5.41) is 6.62. The predicted octanol–water partition coefficient (Wildman–Crippen LogP) is 3.36. The fourth-order valence-corrected chi connectivity index (χ4v) is 2.58. The molecular formula is C21H29N3O3. The van der Waals surface area contributed by atoms with Gasteiger partial charge in [0.1, 0.15) is 5.75 Å². The molecule has 0 saturated heterocycles. The molecule has 6 heteroatoms. The first-order valence-corrected chi connectivity index (χ1v) is 8.96. The zero-order chi connectivity index (χ0) is 19.6. The Bertz CT molecular complexity index is 760. The number of hydrogen-bond donors (Lipinski definition) is 2. The average Bonchev–Trinajstić information content (AvgIpc) is 2.67. The molecule has 2 rings (SSSR count). The SMILES string of the molecule is CN=C(NCc1cccc(OC(C)C)c1)NCc1ccc(OC)c(OC)c1. The fraction of sp³-hybridized carbons (Fsp3) is 0.381. The van der Waals surface area contributed by atoms with Crippen LogP contribution in [0.1, 0.15) is 25.0 Å². The minimum Gasteiger partial charge on any atom is -0.493 e. The smallest absolute Gasteiger partial charge is 0.191 e. The highest BCUT2D eigenvalue weighted by Crippen LogP contribution is 2.27. The molecule has 146 valence electrons. The second-order valence-corrected chi connectivity index (χ2v) is 6.28. The number of methoxy groups -OCH3 is 2. The summed E-state index contributed by atoms with van der Waals surface area (Å²) in [6, 6.07) is 13.9. The van der Waals surface area contributed by atoms with Gasteiger partial charge in [-0.3, -0.25) is 4.99 Å². The summed E-state index contributed by atoms with van der Waals surface area (Å²) in [4.78, 5) is 4.27. The fourth-order valence-electron chi connectivity index (χ4n) is 2.58. The number of benzene rings is 2. The van der Waals surface area contributed by atoms with Crippen LogP contribution in [0.25, 0.3) is 0 Å². The van der Waals surface area contributed by atoms with E-state index in [1.807, 2.05) is 50.2 Å². The van der Waals surface area contributed by atoms with Gasteiger partial charge in [-0.05, 0) is 49.2 Å². The Labute approximate surface area is 161 Å². The van der Waals surface area contributed by atoms with Crippen LogP contribution in [0.15, 0.2) is 47.5 Å². The largest absolute Gasteiger partial charge is 0.493 e. The van der Waals surface area contributed by atoms with Crippen molar-refractivity contribution in [3.8, 4) is 17.2 Å². The maximum Gasteiger partial charge on any atom is 0.191 e. The van der Waals surface area contributed by atoms with Crippen LogP contribution in [0.4, 0.5) is 0 Å². The van der Waals surface area contributed by atoms with Gasteiger partial charge in [0.05, 0.1) is 20.3 Å². The van der Waals surface area contributed by atoms with Gasteiger partial charge in [0.2, 0.25) is 0 Å². The van der Waals surface area contributed by atoms with Crippen LogP contribution in [0.3, 0.4) is 0 Å². The lowest BCUT2D eigenvalue weighted by atomic mass is 10.2. The van der Waals surface area contributed by atoms with Gasteiger partial charge in [-0.25, -0.2) is 0 Å². The molecule has 6 nitrogen and oxygen atoms in total. The molecule has 0 bridgehead atoms. The standard InChI is InChI=1S/C21H29N3O3/c1-15(2)27-18-8-6-7-16(11-18)13-23-21(22-3)24-14-17-9-10-19(25-4)20(12-17)26-5/h6-12,15H,13-14H2,1-5H3,(H2,22,23,24). The molecular weight excluding hydrogens is 342 g/mol. The van der Waals surface area contributed by atoms with E-state index < -0.39 is 0 Å². The lowest BCUT2D eigenvalue weighted by Crippen LogP contribution is -2.36. The van der Waals surface area contributed by atoms with E-state index in [9.17, 15) is 0 Å². The molecule has 2 aromatic carbocycles. The van der Waals surface area contributed by atoms with E-state index in [2.05, 4.69) is 21.7 Å². The number of rotatable bonds is 8. The van der Waals surface area contributed by atoms with Gasteiger partial charge in [-0.2, -0.15) is 0 Å². The normalized spacial score (nSPS) is 11.3. The third kappa shape index (κ3) is 6.40. The molecule has 0 radical (unpaired) electrons. The third-order valence-corrected chi connectivity index (χ3v) is 3.86. The number of ether oxygens (including phenoxy) is 3. The highest BCUT2D eigenvalue weighted by atomic mass is 16.5. The van der Waals surface area contributed by atoms with Gasteiger partial charge in [0.25, 0.3) is 0 Å². The van der Waals surface area contributed by atoms with Gasteiger partial charge in [-0.15, -0.1) is 0 Å². The summed E-state index contributed by atoms with van der Waals surface area (Å²) in [6.07, 6.45) is 0.157. The molecule has 0 heterocycles. The summed E-state index contributed by atoms with van der Waals surface area (Å²) < 4.78 is 16.3. The van der Waals surface area contributed by atoms with E-state index in [0.717, 1.165) is 22.8 Å². The van der Waals surface area contributed by atoms with E-state index >= 15 is 0 Å². The first kappa shape index (κ1) is 20.4. The molecule has 2 N–H and O–H groups in total. The molecule has 0 spiro atoms. The first-order valence-electron chi connectivity index (χ1n) is 8.96. The molecule has 0 aliphatic carbocycles. The van der Waals surface area contributed by atoms with Crippen LogP contribution in [0.5, 0.6) is 17.2 Å². The Hall–Kier alpha value is -2.89. The molecule has 0 unspecified atom stereocenters. The highest BCUT2D eigenvalue weighted by molar-refractivity contribution is 5.79. The molecule has 0 aliphatic heterocycles. The van der Waals surface area contributed by atoms with Gasteiger partial charge >= 0.3 is 0 Å². The van der Waals surface area contributed by atoms with Crippen molar-refractivity contribution in [2.24, 2.45) is 4.99 Å². The number of hydrogen-bond acceptors (Lipinski definition) is 4. The molecule has 27 heavy (non-hydrogen) atoms. The van der Waals surface area contributed by atoms with Crippen LogP contribution in [-0.4, -0.2) is 33.3 Å². The molecule has 0 saturated carbocycles. The second kappa shape index (κ2) is 10.3. The van der Waals surface area contributed by atoms with Crippen molar-refractivity contribution in [1.82, 2.24) is 10.6 Å². The quantitative estimate of drug-likeness (QED) is 0.550. The first-order chi connectivity index (χ1) is 13.0. The van der Waals surface area contributed by atoms with Crippen LogP contribution >= 0.6 is 0 Å². The summed E-state index contributed by atoms with van der Waals surface area (Å²) in [7, 11) is 5.01. The van der Waals surface area contributed by atoms with E-state index in [1.54, 1.807) is 21.3 Å². The minimum absolute atomic E-state index is 0.157. The predicted molar refractivity (Wildman–Crippen MR) is 109 cm³/mol. The van der Waals surface area contributed by atoms with Crippen molar-refractivity contribution in [3.05, 3.63) is 53.6 Å². The summed E-state index contributed by atoms with van der Waals surface area (Å²) in [6.45, 7) is 5.31. The molecule has 0 aromatic heterocycles. The minimum atomic E-state index is 0.157. The zero-order valence-electron chi connectivity index (χ0n) is 16.7. The van der Waals surface area contributed by atoms with Crippen molar-refractivity contribution in [2.75, 3.05) is 21.3 Å². The van der Waals surface area contributed by atoms with E-state index in [0.29, 0.717) is 24.6 Å². The van der Waals surface area contributed by atoms with Crippen LogP contribution in [0, 0.1) is 0 Å². The lowest BCUT2D eigenvalue weighted by molar-refractivity contribution is 0.242. The third-order valence-electron chi connectivity index (χ3n) is 3.86. The molecule has 0 aliphatic rings. The Balaban J connectivity index is 1.91. The van der Waals surface area contributed by atoms with Crippen molar-refractivity contribution in [1.29, 1.82) is 0 Å². The average molecular weight is 371 g/mol. The van der Waals surface area contributed by atoms with E-state index in [4.69, 9.17) is 14.2 Å². The molecule has 0 fully saturated rings. The monoisotopic (exact) mass is 371 g/mol. The Morgan fingerprint density at radius 2 is 1.59 bits per heavy atom. The van der Waals surface area contributed by atoms with Crippen LogP contribution in [0.2, 0.25) is 0 Å². The van der Waals surface area contributed by atoms with Crippen LogP contribution < -0.4 is 24.8 Å². The topological polar surface area (TPSA) is 64.1 Å². The maximum atomic E-state index is 5.74. The van der Waals surface area contributed by atoms with E-state index in [-0.39, 0.29) is 6.10 Å². The second-order valence-electron chi connectivity index (χ2n) is 6.28. The van der Waals surface area contributed by atoms with Crippen molar-refractivity contribution in [3.63, 3.8) is 0 Å². The number of nitrogens with one attached hydrogen (secondary N) is 2. The Morgan fingerprint density at radius 3 is 2.19 bits per heavy atom. The summed E-state index contributed by atoms with van der Waals surface area (Å²) in [5.41, 5.74) is 2.20. The van der Waals surface area contributed by atoms with Gasteiger partial charge in [-0.1, -0.05) is 18.2 Å². The van der Waals surface area contributed by atoms with Crippen molar-refractivity contribution < 1.29 is 14.2 Å². The van der Waals surface area contributed by atoms with Crippen molar-refractivity contribution >= 4 is 5.96 Å². The lowest BCUT2D eigenvalue weighted by Gasteiger charge is -2.14. The summed E-state index contributed by atoms with van der Waals surface area (Å²) >= 11 is 0. The zero-order valence-corrected chi connectivity index (χ0v) is 16.7. The Kier molecular flexibility index (Phi) is 7.79. The number of nitrogens with zero attached hydrogens (tertiary/aromatic N) is 1.